The first-order chi connectivity index (χ1) is 12.2. The lowest BCUT2D eigenvalue weighted by Crippen LogP contribution is -2.47. The third kappa shape index (κ3) is 2.08. The van der Waals surface area contributed by atoms with Gasteiger partial charge in [0.1, 0.15) is 0 Å². The van der Waals surface area contributed by atoms with Gasteiger partial charge in [-0.3, -0.25) is 0 Å². The highest BCUT2D eigenvalue weighted by Crippen LogP contribution is 2.71. The van der Waals surface area contributed by atoms with Crippen LogP contribution in [0.3, 0.4) is 0 Å². The zero-order valence-corrected chi connectivity index (χ0v) is 17.8. The van der Waals surface area contributed by atoms with Gasteiger partial charge in [-0.2, -0.15) is 0 Å². The minimum absolute atomic E-state index is 0.284. The molecule has 2 fully saturated rings. The lowest BCUT2D eigenvalue weighted by atomic mass is 9.48. The maximum absolute atomic E-state index is 4.57. The van der Waals surface area contributed by atoms with Gasteiger partial charge < -0.3 is 0 Å². The van der Waals surface area contributed by atoms with Crippen LogP contribution in [0.25, 0.3) is 0 Å². The van der Waals surface area contributed by atoms with E-state index >= 15 is 0 Å². The number of allylic oxidation sites excluding steroid dienone is 6. The highest BCUT2D eigenvalue weighted by atomic mass is 14.7. The molecule has 142 valence electrons. The zero-order chi connectivity index (χ0) is 18.9. The second kappa shape index (κ2) is 5.73. The second-order valence-corrected chi connectivity index (χ2v) is 10.5. The molecule has 2 saturated carbocycles. The molecule has 0 aliphatic heterocycles. The third-order valence-electron chi connectivity index (χ3n) is 9.79. The van der Waals surface area contributed by atoms with Gasteiger partial charge in [0.2, 0.25) is 0 Å². The van der Waals surface area contributed by atoms with E-state index in [4.69, 9.17) is 0 Å². The molecule has 0 heteroatoms. The maximum Gasteiger partial charge on any atom is 0.0101 e. The van der Waals surface area contributed by atoms with Crippen molar-refractivity contribution in [3.63, 3.8) is 0 Å². The quantitative estimate of drug-likeness (QED) is 0.449. The van der Waals surface area contributed by atoms with Crippen molar-refractivity contribution >= 4 is 0 Å². The average Bonchev–Trinajstić information content (AvgIpc) is 2.83. The van der Waals surface area contributed by atoms with Gasteiger partial charge >= 0.3 is 0 Å². The van der Waals surface area contributed by atoms with Gasteiger partial charge in [0.25, 0.3) is 0 Å². The standard InChI is InChI=1S/C26H38/c1-8-18(3)26(7)19(4)16-23-21-10-9-20-15-17(2)11-13-24(20,5)22(21)12-14-25(23,26)6/h12,15,19,21,23H,2-3,8-11,13-14,16H2,1,4-7H3/t19-,21?,23?,24-,25-,26-/m0/s1. The Morgan fingerprint density at radius 2 is 1.96 bits per heavy atom. The van der Waals surface area contributed by atoms with Crippen LogP contribution in [0.5, 0.6) is 0 Å². The average molecular weight is 351 g/mol. The topological polar surface area (TPSA) is 0 Å². The smallest absolute Gasteiger partial charge is 0.0101 e. The Balaban J connectivity index is 1.78. The summed E-state index contributed by atoms with van der Waals surface area (Å²) in [5.74, 6) is 2.36. The Bertz CT molecular complexity index is 718. The van der Waals surface area contributed by atoms with E-state index in [1.807, 2.05) is 0 Å². The summed E-state index contributed by atoms with van der Waals surface area (Å²) in [6.45, 7) is 21.3. The van der Waals surface area contributed by atoms with Crippen molar-refractivity contribution in [2.24, 2.45) is 34.0 Å². The van der Waals surface area contributed by atoms with Gasteiger partial charge in [-0.05, 0) is 73.5 Å². The van der Waals surface area contributed by atoms with Crippen LogP contribution in [0.15, 0.2) is 47.6 Å². The first kappa shape index (κ1) is 18.3. The molecule has 0 aromatic rings. The van der Waals surface area contributed by atoms with E-state index in [1.165, 1.54) is 49.7 Å². The summed E-state index contributed by atoms with van der Waals surface area (Å²) in [7, 11) is 0. The van der Waals surface area contributed by atoms with Gasteiger partial charge in [-0.25, -0.2) is 0 Å². The largest absolute Gasteiger partial charge is 0.0993 e. The van der Waals surface area contributed by atoms with Crippen LogP contribution in [0.1, 0.15) is 79.6 Å². The number of hydrogen-bond donors (Lipinski definition) is 0. The first-order valence-electron chi connectivity index (χ1n) is 11.0. The van der Waals surface area contributed by atoms with Gasteiger partial charge in [-0.15, -0.1) is 0 Å². The molecular formula is C26H38. The highest BCUT2D eigenvalue weighted by Gasteiger charge is 2.63. The van der Waals surface area contributed by atoms with Crippen molar-refractivity contribution in [1.82, 2.24) is 0 Å². The van der Waals surface area contributed by atoms with E-state index in [2.05, 4.69) is 59.9 Å². The van der Waals surface area contributed by atoms with Crippen LogP contribution in [-0.4, -0.2) is 0 Å². The van der Waals surface area contributed by atoms with Crippen LogP contribution in [0.4, 0.5) is 0 Å². The predicted molar refractivity (Wildman–Crippen MR) is 113 cm³/mol. The fraction of sp³-hybridized carbons (Fsp3) is 0.692. The molecule has 2 unspecified atom stereocenters. The molecule has 0 N–H and O–H groups in total. The van der Waals surface area contributed by atoms with Crippen LogP contribution in [0, 0.1) is 34.0 Å². The number of fused-ring (bicyclic) bond motifs is 5. The molecule has 0 spiro atoms. The number of hydrogen-bond acceptors (Lipinski definition) is 0. The van der Waals surface area contributed by atoms with Gasteiger partial charge in [0.05, 0.1) is 0 Å². The fourth-order valence-electron chi connectivity index (χ4n) is 7.63. The molecule has 26 heavy (non-hydrogen) atoms. The van der Waals surface area contributed by atoms with Gasteiger partial charge in [0, 0.05) is 5.41 Å². The van der Waals surface area contributed by atoms with Crippen molar-refractivity contribution in [2.75, 3.05) is 0 Å². The van der Waals surface area contributed by atoms with Crippen molar-refractivity contribution < 1.29 is 0 Å². The molecule has 0 nitrogen and oxygen atoms in total. The Labute approximate surface area is 161 Å². The SMILES string of the molecule is C=C1C=C2CCC3C(=CC[C@@]4(C)C3C[C@H](C)[C@]4(C)C(=C)CC)[C@@]2(C)CC1. The minimum Gasteiger partial charge on any atom is -0.0993 e. The molecule has 0 radical (unpaired) electrons. The van der Waals surface area contributed by atoms with Crippen molar-refractivity contribution in [3.8, 4) is 0 Å². The monoisotopic (exact) mass is 350 g/mol. The zero-order valence-electron chi connectivity index (χ0n) is 17.8. The van der Waals surface area contributed by atoms with E-state index < -0.39 is 0 Å². The van der Waals surface area contributed by atoms with E-state index in [0.29, 0.717) is 10.8 Å². The summed E-state index contributed by atoms with van der Waals surface area (Å²) >= 11 is 0. The summed E-state index contributed by atoms with van der Waals surface area (Å²) in [5, 5.41) is 0. The fourth-order valence-corrected chi connectivity index (χ4v) is 7.63. The molecule has 6 atom stereocenters. The molecule has 4 aliphatic rings. The van der Waals surface area contributed by atoms with E-state index in [9.17, 15) is 0 Å². The number of rotatable bonds is 2. The van der Waals surface area contributed by atoms with Crippen LogP contribution >= 0.6 is 0 Å². The lowest BCUT2D eigenvalue weighted by molar-refractivity contribution is 0.0383. The van der Waals surface area contributed by atoms with E-state index in [-0.39, 0.29) is 5.41 Å². The molecule has 0 bridgehead atoms. The van der Waals surface area contributed by atoms with Crippen molar-refractivity contribution in [1.29, 1.82) is 0 Å². The predicted octanol–water partition coefficient (Wildman–Crippen LogP) is 7.64. The van der Waals surface area contributed by atoms with Gasteiger partial charge in [0.15, 0.2) is 0 Å². The summed E-state index contributed by atoms with van der Waals surface area (Å²) in [6, 6.07) is 0. The Morgan fingerprint density at radius 3 is 2.65 bits per heavy atom. The normalized spacial score (nSPS) is 47.4. The summed E-state index contributed by atoms with van der Waals surface area (Å²) < 4.78 is 0. The second-order valence-electron chi connectivity index (χ2n) is 10.5. The molecule has 0 amide bonds. The van der Waals surface area contributed by atoms with Crippen molar-refractivity contribution in [2.45, 2.75) is 79.6 Å². The molecule has 0 saturated heterocycles. The summed E-state index contributed by atoms with van der Waals surface area (Å²) in [5.41, 5.74) is 7.28. The van der Waals surface area contributed by atoms with E-state index in [0.717, 1.165) is 24.2 Å². The van der Waals surface area contributed by atoms with E-state index in [1.54, 1.807) is 11.1 Å². The molecule has 0 heterocycles. The molecule has 0 aromatic carbocycles. The third-order valence-corrected chi connectivity index (χ3v) is 9.79. The molecule has 4 aliphatic carbocycles. The summed E-state index contributed by atoms with van der Waals surface area (Å²) in [6.07, 6.45) is 14.0. The Kier molecular flexibility index (Phi) is 4.04. The minimum atomic E-state index is 0.284. The molecular weight excluding hydrogens is 312 g/mol. The van der Waals surface area contributed by atoms with Crippen LogP contribution in [0.2, 0.25) is 0 Å². The first-order valence-corrected chi connectivity index (χ1v) is 11.0. The van der Waals surface area contributed by atoms with Crippen LogP contribution in [-0.2, 0) is 0 Å². The summed E-state index contributed by atoms with van der Waals surface area (Å²) in [4.78, 5) is 0. The Morgan fingerprint density at radius 1 is 1.23 bits per heavy atom. The lowest BCUT2D eigenvalue weighted by Gasteiger charge is -2.56. The highest BCUT2D eigenvalue weighted by molar-refractivity contribution is 5.43. The van der Waals surface area contributed by atoms with Crippen LogP contribution < -0.4 is 0 Å². The molecule has 4 rings (SSSR count). The maximum atomic E-state index is 4.57. The van der Waals surface area contributed by atoms with Gasteiger partial charge in [-0.1, -0.05) is 82.2 Å². The van der Waals surface area contributed by atoms with Crippen molar-refractivity contribution in [3.05, 3.63) is 47.6 Å². The Hall–Kier alpha value is -1.04. The molecule has 0 aromatic heterocycles.